The smallest absolute Gasteiger partial charge is 0.0585 e. The Bertz CT molecular complexity index is 792. The van der Waals surface area contributed by atoms with E-state index in [4.69, 9.17) is 0 Å². The molecule has 0 atom stereocenters. The Morgan fingerprint density at radius 3 is 1.50 bits per heavy atom. The van der Waals surface area contributed by atoms with Crippen LogP contribution in [0.4, 0.5) is 0 Å². The van der Waals surface area contributed by atoms with E-state index in [2.05, 4.69) is 66.9 Å². The van der Waals surface area contributed by atoms with Crippen LogP contribution >= 0.6 is 77.2 Å². The third-order valence-electron chi connectivity index (χ3n) is 2.89. The molecule has 0 amide bonds. The van der Waals surface area contributed by atoms with E-state index in [-0.39, 0.29) is 0 Å². The van der Waals surface area contributed by atoms with Crippen LogP contribution in [0.5, 0.6) is 0 Å². The van der Waals surface area contributed by atoms with Gasteiger partial charge < -0.3 is 0 Å². The van der Waals surface area contributed by atoms with Crippen molar-refractivity contribution < 1.29 is 0 Å². The third kappa shape index (κ3) is 2.26. The van der Waals surface area contributed by atoms with E-state index in [0.717, 1.165) is 0 Å². The van der Waals surface area contributed by atoms with Gasteiger partial charge in [-0.25, -0.2) is 0 Å². The van der Waals surface area contributed by atoms with E-state index in [0.29, 0.717) is 0 Å². The molecule has 0 aliphatic carbocycles. The van der Waals surface area contributed by atoms with Crippen molar-refractivity contribution in [1.29, 1.82) is 0 Å². The van der Waals surface area contributed by atoms with Crippen LogP contribution in [-0.4, -0.2) is 0 Å². The summed E-state index contributed by atoms with van der Waals surface area (Å²) in [5.41, 5.74) is 0. The highest BCUT2D eigenvalue weighted by molar-refractivity contribution is 9.11. The molecular weight excluding hydrogens is 456 g/mol. The summed E-state index contributed by atoms with van der Waals surface area (Å²) in [6.45, 7) is 0. The summed E-state index contributed by atoms with van der Waals surface area (Å²) in [6.07, 6.45) is 0. The van der Waals surface area contributed by atoms with Crippen molar-refractivity contribution in [3.8, 4) is 19.5 Å². The molecule has 0 bridgehead atoms. The van der Waals surface area contributed by atoms with Crippen LogP contribution < -0.4 is 0 Å². The van der Waals surface area contributed by atoms with Gasteiger partial charge in [-0.3, -0.25) is 0 Å². The summed E-state index contributed by atoms with van der Waals surface area (Å²) in [4.78, 5) is 5.37. The van der Waals surface area contributed by atoms with Crippen molar-refractivity contribution in [3.63, 3.8) is 0 Å². The molecule has 4 heterocycles. The van der Waals surface area contributed by atoms with Crippen molar-refractivity contribution in [2.24, 2.45) is 0 Å². The van der Waals surface area contributed by atoms with Gasteiger partial charge in [0.2, 0.25) is 0 Å². The molecule has 0 aliphatic heterocycles. The van der Waals surface area contributed by atoms with E-state index in [1.165, 1.54) is 37.9 Å². The SMILES string of the molecule is Brc1ccsc1-c1cc2sc(-c3sccc3Br)cc2s1. The van der Waals surface area contributed by atoms with Crippen LogP contribution in [-0.2, 0) is 0 Å². The second-order valence-corrected chi connectivity index (χ2v) is 9.85. The molecule has 4 rings (SSSR count). The molecule has 6 heteroatoms. The molecule has 0 spiro atoms. The van der Waals surface area contributed by atoms with Gasteiger partial charge in [0.15, 0.2) is 0 Å². The van der Waals surface area contributed by atoms with Crippen molar-refractivity contribution >= 4 is 86.6 Å². The molecule has 0 aliphatic rings. The van der Waals surface area contributed by atoms with Crippen LogP contribution in [0.3, 0.4) is 0 Å². The van der Waals surface area contributed by atoms with Crippen LogP contribution in [0.2, 0.25) is 0 Å². The van der Waals surface area contributed by atoms with E-state index in [1.807, 2.05) is 22.7 Å². The number of rotatable bonds is 2. The Labute approximate surface area is 149 Å². The average molecular weight is 462 g/mol. The Morgan fingerprint density at radius 2 is 1.15 bits per heavy atom. The van der Waals surface area contributed by atoms with Crippen molar-refractivity contribution in [1.82, 2.24) is 0 Å². The predicted octanol–water partition coefficient (Wildman–Crippen LogP) is 7.94. The third-order valence-corrected chi connectivity index (χ3v) is 9.22. The van der Waals surface area contributed by atoms with Gasteiger partial charge in [0.05, 0.1) is 9.75 Å². The van der Waals surface area contributed by atoms with E-state index >= 15 is 0 Å². The first-order valence-corrected chi connectivity index (χ1v) is 10.7. The minimum atomic E-state index is 1.19. The molecule has 20 heavy (non-hydrogen) atoms. The molecule has 0 fully saturated rings. The number of fused-ring (bicyclic) bond motifs is 1. The monoisotopic (exact) mass is 460 g/mol. The summed E-state index contributed by atoms with van der Waals surface area (Å²) in [7, 11) is 0. The zero-order chi connectivity index (χ0) is 13.7. The Morgan fingerprint density at radius 1 is 0.700 bits per heavy atom. The normalized spacial score (nSPS) is 11.5. The van der Waals surface area contributed by atoms with Crippen LogP contribution in [0, 0.1) is 0 Å². The number of hydrogen-bond acceptors (Lipinski definition) is 4. The summed E-state index contributed by atoms with van der Waals surface area (Å²) in [5.74, 6) is 0. The lowest BCUT2D eigenvalue weighted by Gasteiger charge is -1.93. The zero-order valence-electron chi connectivity index (χ0n) is 9.85. The maximum absolute atomic E-state index is 3.62. The molecule has 4 aromatic rings. The summed E-state index contributed by atoms with van der Waals surface area (Å²) in [5, 5.41) is 4.25. The molecule has 0 saturated heterocycles. The molecule has 0 saturated carbocycles. The maximum Gasteiger partial charge on any atom is 0.0585 e. The lowest BCUT2D eigenvalue weighted by molar-refractivity contribution is 1.87. The lowest BCUT2D eigenvalue weighted by atomic mass is 10.3. The van der Waals surface area contributed by atoms with Gasteiger partial charge >= 0.3 is 0 Å². The lowest BCUT2D eigenvalue weighted by Crippen LogP contribution is -1.63. The minimum Gasteiger partial charge on any atom is -0.142 e. The largest absolute Gasteiger partial charge is 0.142 e. The van der Waals surface area contributed by atoms with Gasteiger partial charge in [-0.2, -0.15) is 0 Å². The Balaban J connectivity index is 1.82. The molecular formula is C14H6Br2S4. The first-order valence-electron chi connectivity index (χ1n) is 5.72. The summed E-state index contributed by atoms with van der Waals surface area (Å²) in [6, 6.07) is 8.85. The van der Waals surface area contributed by atoms with Gasteiger partial charge in [-0.05, 0) is 66.9 Å². The first kappa shape index (κ1) is 13.7. The Hall–Kier alpha value is 0.0200. The van der Waals surface area contributed by atoms with E-state index in [9.17, 15) is 0 Å². The highest BCUT2D eigenvalue weighted by atomic mass is 79.9. The van der Waals surface area contributed by atoms with Crippen LogP contribution in [0.1, 0.15) is 0 Å². The zero-order valence-corrected chi connectivity index (χ0v) is 16.3. The highest BCUT2D eigenvalue weighted by Crippen LogP contribution is 2.46. The fourth-order valence-electron chi connectivity index (χ4n) is 2.00. The summed E-state index contributed by atoms with van der Waals surface area (Å²) >= 11 is 14.6. The fraction of sp³-hybridized carbons (Fsp3) is 0. The maximum atomic E-state index is 3.62. The van der Waals surface area contributed by atoms with E-state index < -0.39 is 0 Å². The Kier molecular flexibility index (Phi) is 3.65. The quantitative estimate of drug-likeness (QED) is 0.284. The number of halogens is 2. The summed E-state index contributed by atoms with van der Waals surface area (Å²) < 4.78 is 5.14. The number of hydrogen-bond donors (Lipinski definition) is 0. The van der Waals surface area contributed by atoms with Gasteiger partial charge in [0.1, 0.15) is 0 Å². The number of thiophene rings is 4. The molecule has 100 valence electrons. The molecule has 0 N–H and O–H groups in total. The molecule has 0 aromatic carbocycles. The van der Waals surface area contributed by atoms with Crippen LogP contribution in [0.15, 0.2) is 44.0 Å². The van der Waals surface area contributed by atoms with Gasteiger partial charge in [0.25, 0.3) is 0 Å². The molecule has 0 nitrogen and oxygen atoms in total. The van der Waals surface area contributed by atoms with Crippen molar-refractivity contribution in [2.75, 3.05) is 0 Å². The second kappa shape index (κ2) is 5.34. The van der Waals surface area contributed by atoms with Gasteiger partial charge in [-0.15, -0.1) is 45.3 Å². The molecule has 0 radical (unpaired) electrons. The van der Waals surface area contributed by atoms with Crippen LogP contribution in [0.25, 0.3) is 28.9 Å². The topological polar surface area (TPSA) is 0 Å². The second-order valence-electron chi connectivity index (χ2n) is 4.15. The molecule has 0 unspecified atom stereocenters. The minimum absolute atomic E-state index is 1.19. The van der Waals surface area contributed by atoms with Gasteiger partial charge in [-0.1, -0.05) is 0 Å². The standard InChI is InChI=1S/C14H6Br2S4/c15-7-1-3-17-13(7)11-5-9-10(19-11)6-12(20-9)14-8(16)2-4-18-14/h1-6H. The van der Waals surface area contributed by atoms with Crippen molar-refractivity contribution in [3.05, 3.63) is 44.0 Å². The first-order chi connectivity index (χ1) is 9.72. The average Bonchev–Trinajstić information content (AvgIpc) is 3.10. The highest BCUT2D eigenvalue weighted by Gasteiger charge is 2.14. The fourth-order valence-corrected chi connectivity index (χ4v) is 8.10. The van der Waals surface area contributed by atoms with E-state index in [1.54, 1.807) is 22.7 Å². The predicted molar refractivity (Wildman–Crippen MR) is 102 cm³/mol. The van der Waals surface area contributed by atoms with Gasteiger partial charge in [0, 0.05) is 28.1 Å². The molecule has 4 aromatic heterocycles. The van der Waals surface area contributed by atoms with Crippen molar-refractivity contribution in [2.45, 2.75) is 0 Å².